The lowest BCUT2D eigenvalue weighted by molar-refractivity contribution is 0.201. The molecule has 0 aliphatic heterocycles. The number of pyridine rings is 1. The summed E-state index contributed by atoms with van der Waals surface area (Å²) >= 11 is 1.54. The summed E-state index contributed by atoms with van der Waals surface area (Å²) in [7, 11) is 1.81. The number of fused-ring (bicyclic) bond motifs is 1. The Kier molecular flexibility index (Phi) is 2.58. The van der Waals surface area contributed by atoms with Crippen molar-refractivity contribution < 1.29 is 5.11 Å². The Morgan fingerprint density at radius 1 is 1.53 bits per heavy atom. The molecule has 2 aromatic rings. The number of nitrogens with zero attached hydrogens (tertiary/aromatic N) is 2. The minimum absolute atomic E-state index is 0.542. The van der Waals surface area contributed by atoms with E-state index < -0.39 is 6.10 Å². The second-order valence-electron chi connectivity index (χ2n) is 3.40. The van der Waals surface area contributed by atoms with Crippen LogP contribution in [0.4, 0.5) is 5.69 Å². The molecular weight excluding hydrogens is 210 g/mol. The van der Waals surface area contributed by atoms with Crippen LogP contribution in [0.15, 0.2) is 6.20 Å². The van der Waals surface area contributed by atoms with E-state index in [2.05, 4.69) is 15.3 Å². The highest BCUT2D eigenvalue weighted by molar-refractivity contribution is 7.18. The maximum atomic E-state index is 9.74. The number of aromatic nitrogens is 2. The lowest BCUT2D eigenvalue weighted by Crippen LogP contribution is -2.01. The number of anilines is 1. The van der Waals surface area contributed by atoms with Crippen LogP contribution in [0.25, 0.3) is 10.3 Å². The van der Waals surface area contributed by atoms with Gasteiger partial charge in [-0.1, -0.05) is 11.3 Å². The monoisotopic (exact) mass is 223 g/mol. The Morgan fingerprint density at radius 2 is 2.27 bits per heavy atom. The summed E-state index contributed by atoms with van der Waals surface area (Å²) in [6, 6.07) is 0. The summed E-state index contributed by atoms with van der Waals surface area (Å²) in [6.07, 6.45) is 1.20. The van der Waals surface area contributed by atoms with E-state index >= 15 is 0 Å². The van der Waals surface area contributed by atoms with Crippen LogP contribution in [0.5, 0.6) is 0 Å². The third-order valence-corrected chi connectivity index (χ3v) is 3.14. The number of nitrogens with one attached hydrogen (secondary N) is 1. The third kappa shape index (κ3) is 1.68. The van der Waals surface area contributed by atoms with E-state index in [1.165, 1.54) is 0 Å². The zero-order chi connectivity index (χ0) is 11.0. The Morgan fingerprint density at radius 3 is 2.87 bits per heavy atom. The number of hydrogen-bond donors (Lipinski definition) is 2. The van der Waals surface area contributed by atoms with E-state index in [0.29, 0.717) is 0 Å². The molecule has 2 rings (SSSR count). The molecule has 0 aromatic carbocycles. The molecule has 2 N–H and O–H groups in total. The molecule has 1 atom stereocenters. The van der Waals surface area contributed by atoms with Gasteiger partial charge in [0.25, 0.3) is 0 Å². The summed E-state index contributed by atoms with van der Waals surface area (Å²) in [6.45, 7) is 3.68. The molecule has 15 heavy (non-hydrogen) atoms. The fourth-order valence-electron chi connectivity index (χ4n) is 1.62. The predicted octanol–water partition coefficient (Wildman–Crippen LogP) is 2.09. The number of aliphatic hydroxyl groups excluding tert-OH is 1. The van der Waals surface area contributed by atoms with Crippen LogP contribution >= 0.6 is 11.3 Å². The van der Waals surface area contributed by atoms with Gasteiger partial charge in [0, 0.05) is 12.6 Å². The molecule has 5 heteroatoms. The first-order chi connectivity index (χ1) is 7.13. The van der Waals surface area contributed by atoms with Gasteiger partial charge in [0.2, 0.25) is 0 Å². The van der Waals surface area contributed by atoms with Crippen molar-refractivity contribution in [3.8, 4) is 0 Å². The first-order valence-electron chi connectivity index (χ1n) is 4.75. The molecule has 0 bridgehead atoms. The van der Waals surface area contributed by atoms with Gasteiger partial charge in [-0.25, -0.2) is 9.97 Å². The smallest absolute Gasteiger partial charge is 0.143 e. The van der Waals surface area contributed by atoms with E-state index in [9.17, 15) is 5.11 Å². The van der Waals surface area contributed by atoms with E-state index in [1.54, 1.807) is 24.5 Å². The van der Waals surface area contributed by atoms with Crippen molar-refractivity contribution in [2.24, 2.45) is 0 Å². The zero-order valence-corrected chi connectivity index (χ0v) is 9.72. The highest BCUT2D eigenvalue weighted by atomic mass is 32.1. The number of aryl methyl sites for hydroxylation is 1. The Bertz CT molecular complexity index is 493. The van der Waals surface area contributed by atoms with Crippen molar-refractivity contribution in [1.29, 1.82) is 0 Å². The van der Waals surface area contributed by atoms with Crippen molar-refractivity contribution >= 4 is 27.4 Å². The van der Waals surface area contributed by atoms with Gasteiger partial charge < -0.3 is 10.4 Å². The first kappa shape index (κ1) is 10.3. The largest absolute Gasteiger partial charge is 0.389 e. The Labute approximate surface area is 92.0 Å². The summed E-state index contributed by atoms with van der Waals surface area (Å²) in [4.78, 5) is 9.57. The van der Waals surface area contributed by atoms with Crippen LogP contribution in [-0.2, 0) is 0 Å². The van der Waals surface area contributed by atoms with Crippen molar-refractivity contribution in [3.63, 3.8) is 0 Å². The average Bonchev–Trinajstić information content (AvgIpc) is 2.55. The topological polar surface area (TPSA) is 58.0 Å². The highest BCUT2D eigenvalue weighted by Gasteiger charge is 2.15. The molecule has 2 heterocycles. The van der Waals surface area contributed by atoms with Crippen LogP contribution in [0, 0.1) is 6.92 Å². The van der Waals surface area contributed by atoms with Crippen LogP contribution in [0.1, 0.15) is 23.6 Å². The van der Waals surface area contributed by atoms with Crippen LogP contribution in [-0.4, -0.2) is 22.1 Å². The van der Waals surface area contributed by atoms with Crippen LogP contribution in [0.3, 0.4) is 0 Å². The molecule has 4 nitrogen and oxygen atoms in total. The van der Waals surface area contributed by atoms with Gasteiger partial charge in [-0.3, -0.25) is 0 Å². The molecule has 0 amide bonds. The van der Waals surface area contributed by atoms with Crippen molar-refractivity contribution in [1.82, 2.24) is 9.97 Å². The fourth-order valence-corrected chi connectivity index (χ4v) is 2.40. The van der Waals surface area contributed by atoms with E-state index in [4.69, 9.17) is 0 Å². The first-order valence-corrected chi connectivity index (χ1v) is 5.57. The van der Waals surface area contributed by atoms with E-state index in [1.807, 2.05) is 14.0 Å². The zero-order valence-electron chi connectivity index (χ0n) is 8.90. The molecule has 1 unspecified atom stereocenters. The number of rotatable bonds is 2. The second kappa shape index (κ2) is 3.75. The molecule has 0 radical (unpaired) electrons. The molecule has 0 fully saturated rings. The van der Waals surface area contributed by atoms with E-state index in [-0.39, 0.29) is 0 Å². The van der Waals surface area contributed by atoms with Gasteiger partial charge in [-0.2, -0.15) is 0 Å². The standard InChI is InChI=1S/C10H13N3OS/c1-5(14)8-7(11-3)4-12-10-9(8)13-6(2)15-10/h4-5,11,14H,1-3H3. The molecule has 2 aromatic heterocycles. The molecule has 0 saturated heterocycles. The van der Waals surface area contributed by atoms with E-state index in [0.717, 1.165) is 26.6 Å². The molecule has 80 valence electrons. The van der Waals surface area contributed by atoms with Crippen LogP contribution < -0.4 is 5.32 Å². The highest BCUT2D eigenvalue weighted by Crippen LogP contribution is 2.31. The second-order valence-corrected chi connectivity index (χ2v) is 4.58. The fraction of sp³-hybridized carbons (Fsp3) is 0.400. The molecule has 0 spiro atoms. The van der Waals surface area contributed by atoms with Crippen molar-refractivity contribution in [3.05, 3.63) is 16.8 Å². The molecule has 0 saturated carbocycles. The molecule has 0 aliphatic rings. The number of thiazole rings is 1. The lowest BCUT2D eigenvalue weighted by Gasteiger charge is -2.11. The number of hydrogen-bond acceptors (Lipinski definition) is 5. The number of aliphatic hydroxyl groups is 1. The summed E-state index contributed by atoms with van der Waals surface area (Å²) < 4.78 is 0. The normalized spacial score (nSPS) is 13.1. The quantitative estimate of drug-likeness (QED) is 0.818. The minimum atomic E-state index is -0.542. The maximum Gasteiger partial charge on any atom is 0.143 e. The summed E-state index contributed by atoms with van der Waals surface area (Å²) in [5.74, 6) is 0. The summed E-state index contributed by atoms with van der Waals surface area (Å²) in [5, 5.41) is 13.7. The lowest BCUT2D eigenvalue weighted by atomic mass is 10.1. The Balaban J connectivity index is 2.78. The van der Waals surface area contributed by atoms with Crippen LogP contribution in [0.2, 0.25) is 0 Å². The van der Waals surface area contributed by atoms with Gasteiger partial charge in [-0.05, 0) is 13.8 Å². The minimum Gasteiger partial charge on any atom is -0.389 e. The SMILES string of the molecule is CNc1cnc2sc(C)nc2c1C(C)O. The van der Waals surface area contributed by atoms with Gasteiger partial charge in [0.05, 0.1) is 23.0 Å². The molecular formula is C10H13N3OS. The van der Waals surface area contributed by atoms with Crippen molar-refractivity contribution in [2.45, 2.75) is 20.0 Å². The van der Waals surface area contributed by atoms with Gasteiger partial charge in [0.15, 0.2) is 0 Å². The van der Waals surface area contributed by atoms with Gasteiger partial charge >= 0.3 is 0 Å². The Hall–Kier alpha value is -1.20. The summed E-state index contributed by atoms with van der Waals surface area (Å²) in [5.41, 5.74) is 2.47. The predicted molar refractivity (Wildman–Crippen MR) is 62.3 cm³/mol. The van der Waals surface area contributed by atoms with Gasteiger partial charge in [-0.15, -0.1) is 0 Å². The maximum absolute atomic E-state index is 9.74. The molecule has 0 aliphatic carbocycles. The average molecular weight is 223 g/mol. The van der Waals surface area contributed by atoms with Gasteiger partial charge in [0.1, 0.15) is 10.3 Å². The third-order valence-electron chi connectivity index (χ3n) is 2.26. The van der Waals surface area contributed by atoms with Crippen molar-refractivity contribution in [2.75, 3.05) is 12.4 Å².